The molecule has 0 aromatic heterocycles. The molecule has 0 bridgehead atoms. The summed E-state index contributed by atoms with van der Waals surface area (Å²) in [5.74, 6) is 0.811. The number of hydrogen-bond donors (Lipinski definition) is 2. The predicted molar refractivity (Wildman–Crippen MR) is 78.0 cm³/mol. The Morgan fingerprint density at radius 2 is 2.11 bits per heavy atom. The number of amides is 1. The van der Waals surface area contributed by atoms with Crippen LogP contribution in [0.25, 0.3) is 0 Å². The minimum absolute atomic E-state index is 0. The normalized spacial score (nSPS) is 16.2. The Bertz CT molecular complexity index is 387. The zero-order valence-corrected chi connectivity index (χ0v) is 12.0. The number of halogens is 1. The van der Waals surface area contributed by atoms with Crippen molar-refractivity contribution >= 4 is 18.3 Å². The average molecular weight is 285 g/mol. The number of benzene rings is 1. The molecule has 5 heteroatoms. The molecule has 0 fully saturated rings. The molecule has 1 aromatic carbocycles. The Morgan fingerprint density at radius 3 is 2.84 bits per heavy atom. The van der Waals surface area contributed by atoms with Gasteiger partial charge < -0.3 is 15.4 Å². The summed E-state index contributed by atoms with van der Waals surface area (Å²) in [6.07, 6.45) is 1.41. The first-order chi connectivity index (χ1) is 8.81. The van der Waals surface area contributed by atoms with E-state index in [4.69, 9.17) is 4.74 Å². The highest BCUT2D eigenvalue weighted by Crippen LogP contribution is 2.27. The van der Waals surface area contributed by atoms with Crippen molar-refractivity contribution in [3.63, 3.8) is 0 Å². The summed E-state index contributed by atoms with van der Waals surface area (Å²) >= 11 is 0. The van der Waals surface area contributed by atoms with Crippen LogP contribution in [0.1, 0.15) is 18.9 Å². The van der Waals surface area contributed by atoms with E-state index in [9.17, 15) is 4.79 Å². The van der Waals surface area contributed by atoms with Crippen molar-refractivity contribution in [1.82, 2.24) is 10.6 Å². The standard InChI is InChI=1S/C14H20N2O2.ClH/c1-2-7-15-8-9-16-14(17)13-10-11-5-3-4-6-12(11)18-13;/h3-6,13,15H,2,7-10H2,1H3,(H,16,17);1H. The van der Waals surface area contributed by atoms with Crippen LogP contribution in [0.15, 0.2) is 24.3 Å². The Kier molecular flexibility index (Phi) is 6.67. The van der Waals surface area contributed by atoms with Gasteiger partial charge in [0, 0.05) is 19.5 Å². The van der Waals surface area contributed by atoms with E-state index in [1.54, 1.807) is 0 Å². The highest BCUT2D eigenvalue weighted by Gasteiger charge is 2.28. The Balaban J connectivity index is 0.00000180. The van der Waals surface area contributed by atoms with E-state index in [-0.39, 0.29) is 24.4 Å². The van der Waals surface area contributed by atoms with E-state index in [1.807, 2.05) is 24.3 Å². The number of ether oxygens (including phenoxy) is 1. The van der Waals surface area contributed by atoms with Crippen LogP contribution in [0.2, 0.25) is 0 Å². The molecule has 106 valence electrons. The van der Waals surface area contributed by atoms with E-state index in [0.717, 1.165) is 30.8 Å². The fraction of sp³-hybridized carbons (Fsp3) is 0.500. The van der Waals surface area contributed by atoms with Crippen molar-refractivity contribution in [2.45, 2.75) is 25.9 Å². The average Bonchev–Trinajstić information content (AvgIpc) is 2.82. The zero-order valence-electron chi connectivity index (χ0n) is 11.1. The molecule has 2 rings (SSSR count). The van der Waals surface area contributed by atoms with Crippen molar-refractivity contribution in [2.24, 2.45) is 0 Å². The summed E-state index contributed by atoms with van der Waals surface area (Å²) in [6, 6.07) is 7.81. The largest absolute Gasteiger partial charge is 0.480 e. The molecule has 1 aliphatic rings. The van der Waals surface area contributed by atoms with Crippen LogP contribution < -0.4 is 15.4 Å². The molecule has 1 heterocycles. The van der Waals surface area contributed by atoms with Gasteiger partial charge in [-0.05, 0) is 24.6 Å². The summed E-state index contributed by atoms with van der Waals surface area (Å²) in [6.45, 7) is 4.56. The van der Waals surface area contributed by atoms with Gasteiger partial charge >= 0.3 is 0 Å². The maximum Gasteiger partial charge on any atom is 0.261 e. The lowest BCUT2D eigenvalue weighted by molar-refractivity contribution is -0.127. The summed E-state index contributed by atoms with van der Waals surface area (Å²) in [5.41, 5.74) is 1.11. The van der Waals surface area contributed by atoms with Gasteiger partial charge in [-0.2, -0.15) is 0 Å². The fourth-order valence-corrected chi connectivity index (χ4v) is 2.02. The smallest absolute Gasteiger partial charge is 0.261 e. The van der Waals surface area contributed by atoms with E-state index >= 15 is 0 Å². The Morgan fingerprint density at radius 1 is 1.32 bits per heavy atom. The second kappa shape index (κ2) is 8.02. The lowest BCUT2D eigenvalue weighted by atomic mass is 10.1. The first-order valence-corrected chi connectivity index (χ1v) is 6.54. The summed E-state index contributed by atoms with van der Waals surface area (Å²) < 4.78 is 5.61. The number of nitrogens with one attached hydrogen (secondary N) is 2. The molecule has 0 aliphatic carbocycles. The van der Waals surface area contributed by atoms with Crippen molar-refractivity contribution in [3.05, 3.63) is 29.8 Å². The molecule has 2 N–H and O–H groups in total. The second-order valence-electron chi connectivity index (χ2n) is 4.46. The molecule has 1 aromatic rings. The van der Waals surface area contributed by atoms with Crippen LogP contribution in [-0.2, 0) is 11.2 Å². The predicted octanol–water partition coefficient (Wildman–Crippen LogP) is 1.53. The van der Waals surface area contributed by atoms with Crippen LogP contribution in [0.4, 0.5) is 0 Å². The number of para-hydroxylation sites is 1. The molecule has 1 amide bonds. The van der Waals surface area contributed by atoms with Crippen LogP contribution >= 0.6 is 12.4 Å². The quantitative estimate of drug-likeness (QED) is 0.779. The van der Waals surface area contributed by atoms with Crippen LogP contribution in [0.3, 0.4) is 0 Å². The van der Waals surface area contributed by atoms with E-state index in [1.165, 1.54) is 0 Å². The number of fused-ring (bicyclic) bond motifs is 1. The molecule has 0 saturated carbocycles. The molecule has 1 aliphatic heterocycles. The minimum Gasteiger partial charge on any atom is -0.480 e. The fourth-order valence-electron chi connectivity index (χ4n) is 2.02. The monoisotopic (exact) mass is 284 g/mol. The van der Waals surface area contributed by atoms with Gasteiger partial charge in [0.1, 0.15) is 5.75 Å². The van der Waals surface area contributed by atoms with Gasteiger partial charge in [-0.1, -0.05) is 25.1 Å². The number of carbonyl (C=O) groups excluding carboxylic acids is 1. The minimum atomic E-state index is -0.367. The first kappa shape index (κ1) is 15.8. The molecule has 19 heavy (non-hydrogen) atoms. The highest BCUT2D eigenvalue weighted by molar-refractivity contribution is 5.85. The summed E-state index contributed by atoms with van der Waals surface area (Å²) in [4.78, 5) is 11.9. The van der Waals surface area contributed by atoms with E-state index in [0.29, 0.717) is 13.0 Å². The molecule has 1 unspecified atom stereocenters. The van der Waals surface area contributed by atoms with Gasteiger partial charge in [0.2, 0.25) is 0 Å². The van der Waals surface area contributed by atoms with Gasteiger partial charge in [-0.15, -0.1) is 12.4 Å². The molecular formula is C14H21ClN2O2. The van der Waals surface area contributed by atoms with Crippen molar-refractivity contribution in [1.29, 1.82) is 0 Å². The van der Waals surface area contributed by atoms with Gasteiger partial charge in [0.15, 0.2) is 6.10 Å². The SMILES string of the molecule is CCCNCCNC(=O)C1Cc2ccccc2O1.Cl. The summed E-state index contributed by atoms with van der Waals surface area (Å²) in [7, 11) is 0. The third kappa shape index (κ3) is 4.40. The third-order valence-corrected chi connectivity index (χ3v) is 2.97. The number of carbonyl (C=O) groups is 1. The van der Waals surface area contributed by atoms with Crippen LogP contribution in [0, 0.1) is 0 Å². The molecule has 4 nitrogen and oxygen atoms in total. The Hall–Kier alpha value is -1.26. The maximum absolute atomic E-state index is 11.9. The highest BCUT2D eigenvalue weighted by atomic mass is 35.5. The van der Waals surface area contributed by atoms with Crippen LogP contribution in [0.5, 0.6) is 5.75 Å². The van der Waals surface area contributed by atoms with E-state index in [2.05, 4.69) is 17.6 Å². The zero-order chi connectivity index (χ0) is 12.8. The Labute approximate surface area is 120 Å². The molecule has 1 atom stereocenters. The van der Waals surface area contributed by atoms with Gasteiger partial charge in [0.05, 0.1) is 0 Å². The second-order valence-corrected chi connectivity index (χ2v) is 4.46. The number of rotatable bonds is 6. The lowest BCUT2D eigenvalue weighted by Gasteiger charge is -2.11. The van der Waals surface area contributed by atoms with Gasteiger partial charge in [-0.3, -0.25) is 4.79 Å². The molecule has 0 radical (unpaired) electrons. The first-order valence-electron chi connectivity index (χ1n) is 6.54. The van der Waals surface area contributed by atoms with E-state index < -0.39 is 0 Å². The van der Waals surface area contributed by atoms with Gasteiger partial charge in [0.25, 0.3) is 5.91 Å². The van der Waals surface area contributed by atoms with Crippen molar-refractivity contribution in [3.8, 4) is 5.75 Å². The van der Waals surface area contributed by atoms with Crippen LogP contribution in [-0.4, -0.2) is 31.6 Å². The molecule has 0 spiro atoms. The third-order valence-electron chi connectivity index (χ3n) is 2.97. The molecule has 0 saturated heterocycles. The maximum atomic E-state index is 11.9. The lowest BCUT2D eigenvalue weighted by Crippen LogP contribution is -2.40. The van der Waals surface area contributed by atoms with Gasteiger partial charge in [-0.25, -0.2) is 0 Å². The van der Waals surface area contributed by atoms with Crippen molar-refractivity contribution in [2.75, 3.05) is 19.6 Å². The molecular weight excluding hydrogens is 264 g/mol. The topological polar surface area (TPSA) is 50.4 Å². The number of hydrogen-bond acceptors (Lipinski definition) is 3. The summed E-state index contributed by atoms with van der Waals surface area (Å²) in [5, 5.41) is 6.13. The van der Waals surface area contributed by atoms with Crippen molar-refractivity contribution < 1.29 is 9.53 Å².